The lowest BCUT2D eigenvalue weighted by Crippen LogP contribution is -2.16. The first-order valence-corrected chi connectivity index (χ1v) is 7.94. The van der Waals surface area contributed by atoms with Gasteiger partial charge in [0.15, 0.2) is 0 Å². The molecule has 5 N–H and O–H groups in total. The van der Waals surface area contributed by atoms with Gasteiger partial charge in [-0.2, -0.15) is 0 Å². The molecular weight excluding hydrogens is 302 g/mol. The van der Waals surface area contributed by atoms with E-state index in [0.717, 1.165) is 17.8 Å². The summed E-state index contributed by atoms with van der Waals surface area (Å²) in [7, 11) is 0. The summed E-state index contributed by atoms with van der Waals surface area (Å²) in [4.78, 5) is 10.9. The number of hydrogen-bond acceptors (Lipinski definition) is 4. The van der Waals surface area contributed by atoms with Crippen LogP contribution in [-0.2, 0) is 11.3 Å². The number of carbonyl (C=O) groups is 1. The highest BCUT2D eigenvalue weighted by atomic mass is 16.6. The fraction of sp³-hybridized carbons (Fsp3) is 0.316. The van der Waals surface area contributed by atoms with Crippen LogP contribution >= 0.6 is 0 Å². The van der Waals surface area contributed by atoms with E-state index in [1.165, 1.54) is 22.3 Å². The molecule has 0 fully saturated rings. The second-order valence-electron chi connectivity index (χ2n) is 6.15. The maximum absolute atomic E-state index is 10.9. The molecule has 24 heavy (non-hydrogen) atoms. The van der Waals surface area contributed by atoms with Crippen LogP contribution in [0.4, 0.5) is 16.2 Å². The number of amides is 1. The second kappa shape index (κ2) is 7.25. The van der Waals surface area contributed by atoms with Crippen LogP contribution in [0.2, 0.25) is 0 Å². The number of ether oxygens (including phenoxy) is 1. The van der Waals surface area contributed by atoms with Crippen LogP contribution in [0.3, 0.4) is 0 Å². The molecule has 1 unspecified atom stereocenters. The first-order chi connectivity index (χ1) is 11.3. The Kier molecular flexibility index (Phi) is 5.34. The van der Waals surface area contributed by atoms with E-state index in [9.17, 15) is 4.79 Å². The Bertz CT molecular complexity index is 733. The van der Waals surface area contributed by atoms with Gasteiger partial charge in [0.1, 0.15) is 6.10 Å². The van der Waals surface area contributed by atoms with E-state index in [-0.39, 0.29) is 0 Å². The van der Waals surface area contributed by atoms with Crippen molar-refractivity contribution in [2.75, 3.05) is 11.1 Å². The summed E-state index contributed by atoms with van der Waals surface area (Å²) >= 11 is 0. The van der Waals surface area contributed by atoms with Gasteiger partial charge < -0.3 is 21.5 Å². The molecule has 0 saturated carbocycles. The van der Waals surface area contributed by atoms with Crippen LogP contribution in [-0.4, -0.2) is 6.09 Å². The minimum atomic E-state index is -0.811. The first kappa shape index (κ1) is 17.7. The van der Waals surface area contributed by atoms with Crippen molar-refractivity contribution >= 4 is 17.5 Å². The van der Waals surface area contributed by atoms with Crippen molar-refractivity contribution in [3.8, 4) is 0 Å². The van der Waals surface area contributed by atoms with Gasteiger partial charge in [-0.1, -0.05) is 23.8 Å². The molecule has 128 valence electrons. The van der Waals surface area contributed by atoms with Crippen LogP contribution in [0, 0.1) is 20.8 Å². The molecule has 0 bridgehead atoms. The average Bonchev–Trinajstić information content (AvgIpc) is 2.45. The molecular formula is C19H25N3O2. The lowest BCUT2D eigenvalue weighted by Gasteiger charge is -2.17. The zero-order valence-corrected chi connectivity index (χ0v) is 14.6. The Morgan fingerprint density at radius 2 is 1.79 bits per heavy atom. The summed E-state index contributed by atoms with van der Waals surface area (Å²) < 4.78 is 4.97. The summed E-state index contributed by atoms with van der Waals surface area (Å²) in [6.07, 6.45) is -1.28. The standard InChI is InChI=1S/C19H25N3O2/c1-11-7-12(2)17(13(3)8-11)10-22-15-5-6-16(18(20)9-15)14(4)24-19(21)23/h5-9,14,22H,10,20H2,1-4H3,(H2,21,23). The first-order valence-electron chi connectivity index (χ1n) is 7.94. The maximum atomic E-state index is 10.9. The minimum Gasteiger partial charge on any atom is -0.442 e. The monoisotopic (exact) mass is 327 g/mol. The quantitative estimate of drug-likeness (QED) is 0.725. The summed E-state index contributed by atoms with van der Waals surface area (Å²) in [6.45, 7) is 8.81. The molecule has 0 spiro atoms. The number of primary amides is 1. The third kappa shape index (κ3) is 4.19. The largest absolute Gasteiger partial charge is 0.442 e. The Morgan fingerprint density at radius 3 is 2.33 bits per heavy atom. The van der Waals surface area contributed by atoms with Gasteiger partial charge in [-0.15, -0.1) is 0 Å². The molecule has 5 nitrogen and oxygen atoms in total. The highest BCUT2D eigenvalue weighted by Crippen LogP contribution is 2.27. The van der Waals surface area contributed by atoms with Crippen molar-refractivity contribution in [1.29, 1.82) is 0 Å². The van der Waals surface area contributed by atoms with Crippen LogP contribution in [0.5, 0.6) is 0 Å². The number of carbonyl (C=O) groups excluding carboxylic acids is 1. The Labute approximate surface area is 143 Å². The number of hydrogen-bond donors (Lipinski definition) is 3. The summed E-state index contributed by atoms with van der Waals surface area (Å²) in [5.74, 6) is 0. The molecule has 2 aromatic carbocycles. The molecule has 0 aliphatic rings. The van der Waals surface area contributed by atoms with E-state index in [2.05, 4.69) is 38.2 Å². The molecule has 0 saturated heterocycles. The topological polar surface area (TPSA) is 90.4 Å². The van der Waals surface area contributed by atoms with Gasteiger partial charge in [0.05, 0.1) is 0 Å². The molecule has 0 aliphatic carbocycles. The molecule has 1 amide bonds. The van der Waals surface area contributed by atoms with Crippen LogP contribution in [0.25, 0.3) is 0 Å². The van der Waals surface area contributed by atoms with Gasteiger partial charge in [0.25, 0.3) is 0 Å². The predicted octanol–water partition coefficient (Wildman–Crippen LogP) is 3.96. The van der Waals surface area contributed by atoms with E-state index < -0.39 is 12.2 Å². The third-order valence-corrected chi connectivity index (χ3v) is 4.13. The van der Waals surface area contributed by atoms with Gasteiger partial charge in [0, 0.05) is 23.5 Å². The van der Waals surface area contributed by atoms with Crippen molar-refractivity contribution < 1.29 is 9.53 Å². The fourth-order valence-corrected chi connectivity index (χ4v) is 2.97. The van der Waals surface area contributed by atoms with Gasteiger partial charge in [-0.25, -0.2) is 4.79 Å². The molecule has 2 aromatic rings. The Hall–Kier alpha value is -2.69. The van der Waals surface area contributed by atoms with Crippen LogP contribution in [0.1, 0.15) is 40.8 Å². The summed E-state index contributed by atoms with van der Waals surface area (Å²) in [5, 5.41) is 3.40. The Balaban J connectivity index is 2.12. The fourth-order valence-electron chi connectivity index (χ4n) is 2.97. The molecule has 0 radical (unpaired) electrons. The van der Waals surface area contributed by atoms with Gasteiger partial charge in [0.2, 0.25) is 0 Å². The van der Waals surface area contributed by atoms with E-state index in [1.54, 1.807) is 6.92 Å². The van der Waals surface area contributed by atoms with Gasteiger partial charge >= 0.3 is 6.09 Å². The molecule has 0 aromatic heterocycles. The summed E-state index contributed by atoms with van der Waals surface area (Å²) in [6, 6.07) is 9.98. The number of nitrogens with one attached hydrogen (secondary N) is 1. The lowest BCUT2D eigenvalue weighted by atomic mass is 9.99. The normalized spacial score (nSPS) is 11.8. The van der Waals surface area contributed by atoms with Gasteiger partial charge in [-0.3, -0.25) is 0 Å². The van der Waals surface area contributed by atoms with Crippen LogP contribution in [0.15, 0.2) is 30.3 Å². The zero-order valence-electron chi connectivity index (χ0n) is 14.6. The smallest absolute Gasteiger partial charge is 0.405 e. The average molecular weight is 327 g/mol. The molecule has 5 heteroatoms. The molecule has 0 aliphatic heterocycles. The lowest BCUT2D eigenvalue weighted by molar-refractivity contribution is 0.117. The number of aryl methyl sites for hydroxylation is 3. The predicted molar refractivity (Wildman–Crippen MR) is 97.9 cm³/mol. The Morgan fingerprint density at radius 1 is 1.17 bits per heavy atom. The van der Waals surface area contributed by atoms with Crippen LogP contribution < -0.4 is 16.8 Å². The number of nitrogens with two attached hydrogens (primary N) is 2. The SMILES string of the molecule is Cc1cc(C)c(CNc2ccc(C(C)OC(N)=O)c(N)c2)c(C)c1. The zero-order chi connectivity index (χ0) is 17.9. The summed E-state index contributed by atoms with van der Waals surface area (Å²) in [5.41, 5.74) is 18.4. The highest BCUT2D eigenvalue weighted by Gasteiger charge is 2.13. The van der Waals surface area contributed by atoms with Crippen molar-refractivity contribution in [2.45, 2.75) is 40.3 Å². The highest BCUT2D eigenvalue weighted by molar-refractivity contribution is 5.66. The van der Waals surface area contributed by atoms with Crippen molar-refractivity contribution in [3.05, 3.63) is 58.1 Å². The van der Waals surface area contributed by atoms with E-state index >= 15 is 0 Å². The molecule has 0 heterocycles. The second-order valence-corrected chi connectivity index (χ2v) is 6.15. The maximum Gasteiger partial charge on any atom is 0.405 e. The number of anilines is 2. The van der Waals surface area contributed by atoms with Gasteiger partial charge in [-0.05, 0) is 56.5 Å². The minimum absolute atomic E-state index is 0.474. The van der Waals surface area contributed by atoms with Crippen molar-refractivity contribution in [1.82, 2.24) is 0 Å². The van der Waals surface area contributed by atoms with E-state index in [0.29, 0.717) is 5.69 Å². The number of benzene rings is 2. The van der Waals surface area contributed by atoms with E-state index in [4.69, 9.17) is 16.2 Å². The van der Waals surface area contributed by atoms with Crippen molar-refractivity contribution in [3.63, 3.8) is 0 Å². The number of rotatable bonds is 5. The van der Waals surface area contributed by atoms with E-state index in [1.807, 2.05) is 18.2 Å². The third-order valence-electron chi connectivity index (χ3n) is 4.13. The molecule has 2 rings (SSSR count). The molecule has 1 atom stereocenters. The van der Waals surface area contributed by atoms with Crippen molar-refractivity contribution in [2.24, 2.45) is 5.73 Å². The number of nitrogen functional groups attached to an aromatic ring is 1.